The Bertz CT molecular complexity index is 544. The second-order valence-corrected chi connectivity index (χ2v) is 6.14. The van der Waals surface area contributed by atoms with E-state index in [2.05, 4.69) is 5.10 Å². The minimum absolute atomic E-state index is 0.0356. The van der Waals surface area contributed by atoms with Crippen molar-refractivity contribution in [2.45, 2.75) is 45.7 Å². The van der Waals surface area contributed by atoms with Crippen molar-refractivity contribution in [1.82, 2.24) is 19.6 Å². The maximum atomic E-state index is 12.7. The number of ether oxygens (including phenoxy) is 1. The molecule has 24 heavy (non-hydrogen) atoms. The summed E-state index contributed by atoms with van der Waals surface area (Å²) in [5.41, 5.74) is 0.989. The third kappa shape index (κ3) is 5.33. The van der Waals surface area contributed by atoms with Gasteiger partial charge in [-0.3, -0.25) is 14.3 Å². The van der Waals surface area contributed by atoms with Gasteiger partial charge < -0.3 is 14.5 Å². The Balaban J connectivity index is 1.99. The fraction of sp³-hybridized carbons (Fsp3) is 0.706. The van der Waals surface area contributed by atoms with E-state index in [9.17, 15) is 9.59 Å². The minimum atomic E-state index is -0.0356. The molecule has 1 fully saturated rings. The van der Waals surface area contributed by atoms with E-state index < -0.39 is 0 Å². The summed E-state index contributed by atoms with van der Waals surface area (Å²) in [4.78, 5) is 28.3. The number of rotatable bonds is 8. The molecular weight excluding hydrogens is 308 g/mol. The number of hydrogen-bond donors (Lipinski definition) is 0. The van der Waals surface area contributed by atoms with Crippen molar-refractivity contribution in [2.75, 3.05) is 33.4 Å². The number of nitrogens with zero attached hydrogens (tertiary/aromatic N) is 4. The lowest BCUT2D eigenvalue weighted by Gasteiger charge is -2.26. The summed E-state index contributed by atoms with van der Waals surface area (Å²) >= 11 is 0. The molecule has 1 aromatic rings. The summed E-state index contributed by atoms with van der Waals surface area (Å²) in [6.07, 6.45) is 7.24. The van der Waals surface area contributed by atoms with Gasteiger partial charge in [0.1, 0.15) is 0 Å². The van der Waals surface area contributed by atoms with Gasteiger partial charge in [0, 0.05) is 51.5 Å². The molecule has 134 valence electrons. The van der Waals surface area contributed by atoms with Crippen LogP contribution in [0.3, 0.4) is 0 Å². The van der Waals surface area contributed by atoms with Gasteiger partial charge in [0.15, 0.2) is 0 Å². The van der Waals surface area contributed by atoms with E-state index in [1.165, 1.54) is 0 Å². The number of hydrogen-bond acceptors (Lipinski definition) is 4. The average molecular weight is 336 g/mol. The molecule has 0 saturated carbocycles. The molecule has 0 radical (unpaired) electrons. The summed E-state index contributed by atoms with van der Waals surface area (Å²) in [5, 5.41) is 4.25. The first kappa shape index (κ1) is 18.4. The SMILES string of the molecule is CCn1cc(CN(CCOC)C(=O)CN2CCCCCC2=O)cn1. The molecule has 1 aromatic heterocycles. The van der Waals surface area contributed by atoms with Crippen LogP contribution in [0, 0.1) is 0 Å². The first-order valence-electron chi connectivity index (χ1n) is 8.70. The largest absolute Gasteiger partial charge is 0.383 e. The molecule has 1 aliphatic heterocycles. The molecule has 0 atom stereocenters. The van der Waals surface area contributed by atoms with Gasteiger partial charge in [0.25, 0.3) is 0 Å². The molecule has 0 N–H and O–H groups in total. The second-order valence-electron chi connectivity index (χ2n) is 6.14. The number of methoxy groups -OCH3 is 1. The Hall–Kier alpha value is -1.89. The third-order valence-corrected chi connectivity index (χ3v) is 4.30. The number of carbonyl (C=O) groups is 2. The Labute approximate surface area is 143 Å². The highest BCUT2D eigenvalue weighted by Crippen LogP contribution is 2.12. The molecule has 0 aliphatic carbocycles. The highest BCUT2D eigenvalue weighted by atomic mass is 16.5. The Morgan fingerprint density at radius 1 is 1.38 bits per heavy atom. The van der Waals surface area contributed by atoms with Crippen molar-refractivity contribution in [1.29, 1.82) is 0 Å². The summed E-state index contributed by atoms with van der Waals surface area (Å²) in [7, 11) is 1.62. The third-order valence-electron chi connectivity index (χ3n) is 4.30. The van der Waals surface area contributed by atoms with Gasteiger partial charge in [-0.1, -0.05) is 6.42 Å². The van der Waals surface area contributed by atoms with E-state index in [1.54, 1.807) is 23.1 Å². The Morgan fingerprint density at radius 3 is 2.92 bits per heavy atom. The maximum absolute atomic E-state index is 12.7. The Morgan fingerprint density at radius 2 is 2.21 bits per heavy atom. The van der Waals surface area contributed by atoms with E-state index in [0.29, 0.717) is 32.7 Å². The summed E-state index contributed by atoms with van der Waals surface area (Å²) in [6, 6.07) is 0. The van der Waals surface area contributed by atoms with Crippen LogP contribution in [0.25, 0.3) is 0 Å². The highest BCUT2D eigenvalue weighted by Gasteiger charge is 2.22. The number of likely N-dealkylation sites (tertiary alicyclic amines) is 1. The lowest BCUT2D eigenvalue weighted by Crippen LogP contribution is -2.43. The van der Waals surface area contributed by atoms with Gasteiger partial charge in [0.2, 0.25) is 11.8 Å². The zero-order valence-corrected chi connectivity index (χ0v) is 14.7. The molecule has 2 rings (SSSR count). The van der Waals surface area contributed by atoms with Crippen LogP contribution >= 0.6 is 0 Å². The quantitative estimate of drug-likeness (QED) is 0.717. The molecule has 7 heteroatoms. The first-order valence-corrected chi connectivity index (χ1v) is 8.70. The van der Waals surface area contributed by atoms with Gasteiger partial charge in [0.05, 0.1) is 19.3 Å². The Kier molecular flexibility index (Phi) is 7.24. The van der Waals surface area contributed by atoms with Crippen LogP contribution in [0.1, 0.15) is 38.2 Å². The van der Waals surface area contributed by atoms with Gasteiger partial charge in [-0.05, 0) is 19.8 Å². The molecule has 2 amide bonds. The predicted molar refractivity (Wildman–Crippen MR) is 90.2 cm³/mol. The minimum Gasteiger partial charge on any atom is -0.383 e. The van der Waals surface area contributed by atoms with Crippen molar-refractivity contribution in [2.24, 2.45) is 0 Å². The molecule has 1 saturated heterocycles. The standard InChI is InChI=1S/C17H28N4O3/c1-3-21-13-15(11-18-21)12-20(9-10-24-2)17(23)14-19-8-6-4-5-7-16(19)22/h11,13H,3-10,12,14H2,1-2H3. The number of carbonyl (C=O) groups excluding carboxylic acids is 2. The molecule has 0 aromatic carbocycles. The van der Waals surface area contributed by atoms with Crippen LogP contribution < -0.4 is 0 Å². The topological polar surface area (TPSA) is 67.7 Å². The van der Waals surface area contributed by atoms with E-state index in [1.807, 2.05) is 17.8 Å². The normalized spacial score (nSPS) is 15.4. The fourth-order valence-electron chi connectivity index (χ4n) is 2.84. The van der Waals surface area contributed by atoms with Crippen molar-refractivity contribution >= 4 is 11.8 Å². The number of aryl methyl sites for hydroxylation is 1. The van der Waals surface area contributed by atoms with E-state index in [0.717, 1.165) is 31.4 Å². The number of amides is 2. The van der Waals surface area contributed by atoms with Gasteiger partial charge >= 0.3 is 0 Å². The zero-order chi connectivity index (χ0) is 17.4. The van der Waals surface area contributed by atoms with Crippen molar-refractivity contribution in [3.8, 4) is 0 Å². The van der Waals surface area contributed by atoms with Gasteiger partial charge in [-0.25, -0.2) is 0 Å². The van der Waals surface area contributed by atoms with E-state index in [-0.39, 0.29) is 18.4 Å². The van der Waals surface area contributed by atoms with Crippen LogP contribution in [-0.4, -0.2) is 64.7 Å². The smallest absolute Gasteiger partial charge is 0.242 e. The van der Waals surface area contributed by atoms with Crippen LogP contribution in [0.4, 0.5) is 0 Å². The second kappa shape index (κ2) is 9.42. The molecule has 0 unspecified atom stereocenters. The monoisotopic (exact) mass is 336 g/mol. The highest BCUT2D eigenvalue weighted by molar-refractivity contribution is 5.85. The molecule has 7 nitrogen and oxygen atoms in total. The average Bonchev–Trinajstić information content (AvgIpc) is 2.95. The molecule has 0 spiro atoms. The van der Waals surface area contributed by atoms with Crippen molar-refractivity contribution in [3.05, 3.63) is 18.0 Å². The first-order chi connectivity index (χ1) is 11.6. The van der Waals surface area contributed by atoms with E-state index >= 15 is 0 Å². The van der Waals surface area contributed by atoms with Crippen LogP contribution in [-0.2, 0) is 27.4 Å². The lowest BCUT2D eigenvalue weighted by atomic mass is 10.2. The molecular formula is C17H28N4O3. The van der Waals surface area contributed by atoms with Gasteiger partial charge in [-0.15, -0.1) is 0 Å². The van der Waals surface area contributed by atoms with Gasteiger partial charge in [-0.2, -0.15) is 5.10 Å². The van der Waals surface area contributed by atoms with Crippen LogP contribution in [0.5, 0.6) is 0 Å². The summed E-state index contributed by atoms with van der Waals surface area (Å²) in [5.74, 6) is 0.0536. The van der Waals surface area contributed by atoms with E-state index in [4.69, 9.17) is 4.74 Å². The molecule has 1 aliphatic rings. The van der Waals surface area contributed by atoms with Crippen LogP contribution in [0.2, 0.25) is 0 Å². The summed E-state index contributed by atoms with van der Waals surface area (Å²) < 4.78 is 6.96. The number of aromatic nitrogens is 2. The lowest BCUT2D eigenvalue weighted by molar-refractivity contribution is -0.140. The van der Waals surface area contributed by atoms with Crippen molar-refractivity contribution in [3.63, 3.8) is 0 Å². The fourth-order valence-corrected chi connectivity index (χ4v) is 2.84. The maximum Gasteiger partial charge on any atom is 0.242 e. The zero-order valence-electron chi connectivity index (χ0n) is 14.7. The molecule has 0 bridgehead atoms. The predicted octanol–water partition coefficient (Wildman–Crippen LogP) is 1.28. The summed E-state index contributed by atoms with van der Waals surface area (Å²) in [6.45, 7) is 5.13. The van der Waals surface area contributed by atoms with Crippen molar-refractivity contribution < 1.29 is 14.3 Å². The van der Waals surface area contributed by atoms with Crippen LogP contribution in [0.15, 0.2) is 12.4 Å². The molecule has 2 heterocycles.